The number of benzene rings is 1. The molecule has 2 atom stereocenters. The van der Waals surface area contributed by atoms with Crippen LogP contribution in [0, 0.1) is 5.92 Å². The number of nitrogens with zero attached hydrogens (tertiary/aromatic N) is 2. The molecule has 2 aliphatic rings. The first-order chi connectivity index (χ1) is 11.3. The standard InChI is InChI=1S/C17H24N2O3S2/c1-12(2)8-9-18-14-10-24(20,21)11-15(14)19(17(18)23)13-6-4-5-7-16(13)22-3/h4-7,12,14-15H,8-11H2,1-3H3/t14-,15+/m1/s1. The Morgan fingerprint density at radius 1 is 1.25 bits per heavy atom. The average molecular weight is 369 g/mol. The molecule has 1 aromatic carbocycles. The summed E-state index contributed by atoms with van der Waals surface area (Å²) in [5, 5.41) is 0.713. The van der Waals surface area contributed by atoms with Crippen LogP contribution in [0.5, 0.6) is 5.75 Å². The molecule has 0 saturated carbocycles. The van der Waals surface area contributed by atoms with Gasteiger partial charge in [0.05, 0.1) is 36.4 Å². The van der Waals surface area contributed by atoms with Crippen LogP contribution in [0.1, 0.15) is 20.3 Å². The molecular weight excluding hydrogens is 344 g/mol. The fraction of sp³-hybridized carbons (Fsp3) is 0.588. The summed E-state index contributed by atoms with van der Waals surface area (Å²) in [6.07, 6.45) is 0.989. The van der Waals surface area contributed by atoms with E-state index in [0.717, 1.165) is 18.7 Å². The molecule has 1 aromatic rings. The van der Waals surface area contributed by atoms with Crippen LogP contribution in [0.3, 0.4) is 0 Å². The lowest BCUT2D eigenvalue weighted by Gasteiger charge is -2.27. The maximum atomic E-state index is 12.2. The molecule has 2 aliphatic heterocycles. The molecule has 3 rings (SSSR count). The number of methoxy groups -OCH3 is 1. The summed E-state index contributed by atoms with van der Waals surface area (Å²) in [7, 11) is -1.42. The molecule has 132 valence electrons. The van der Waals surface area contributed by atoms with E-state index >= 15 is 0 Å². The molecular formula is C17H24N2O3S2. The highest BCUT2D eigenvalue weighted by Crippen LogP contribution is 2.39. The van der Waals surface area contributed by atoms with Crippen LogP contribution in [0.25, 0.3) is 0 Å². The lowest BCUT2D eigenvalue weighted by atomic mass is 10.1. The smallest absolute Gasteiger partial charge is 0.176 e. The molecule has 7 heteroatoms. The quantitative estimate of drug-likeness (QED) is 0.744. The van der Waals surface area contributed by atoms with E-state index in [2.05, 4.69) is 18.7 Å². The van der Waals surface area contributed by atoms with Gasteiger partial charge in [-0.25, -0.2) is 8.42 Å². The highest BCUT2D eigenvalue weighted by Gasteiger charge is 2.52. The fourth-order valence-electron chi connectivity index (χ4n) is 3.55. The van der Waals surface area contributed by atoms with E-state index < -0.39 is 9.84 Å². The molecule has 2 heterocycles. The molecule has 0 amide bonds. The number of anilines is 1. The predicted octanol–water partition coefficient (Wildman–Crippen LogP) is 2.31. The second-order valence-electron chi connectivity index (χ2n) is 6.91. The van der Waals surface area contributed by atoms with Crippen LogP contribution in [-0.4, -0.2) is 55.7 Å². The van der Waals surface area contributed by atoms with E-state index in [0.29, 0.717) is 16.8 Å². The average Bonchev–Trinajstić information content (AvgIpc) is 2.94. The molecule has 0 radical (unpaired) electrons. The van der Waals surface area contributed by atoms with Gasteiger partial charge < -0.3 is 14.5 Å². The van der Waals surface area contributed by atoms with Crippen molar-refractivity contribution in [1.29, 1.82) is 0 Å². The van der Waals surface area contributed by atoms with Crippen LogP contribution in [-0.2, 0) is 9.84 Å². The Morgan fingerprint density at radius 2 is 1.92 bits per heavy atom. The van der Waals surface area contributed by atoms with E-state index in [4.69, 9.17) is 17.0 Å². The van der Waals surface area contributed by atoms with Crippen LogP contribution in [0.15, 0.2) is 24.3 Å². The molecule has 0 N–H and O–H groups in total. The summed E-state index contributed by atoms with van der Waals surface area (Å²) >= 11 is 5.73. The van der Waals surface area contributed by atoms with Crippen molar-refractivity contribution >= 4 is 32.9 Å². The molecule has 0 bridgehead atoms. The summed E-state index contributed by atoms with van der Waals surface area (Å²) in [4.78, 5) is 4.10. The van der Waals surface area contributed by atoms with Gasteiger partial charge in [0.2, 0.25) is 0 Å². The predicted molar refractivity (Wildman–Crippen MR) is 100 cm³/mol. The van der Waals surface area contributed by atoms with Crippen molar-refractivity contribution in [2.45, 2.75) is 32.4 Å². The number of sulfone groups is 1. The number of ether oxygens (including phenoxy) is 1. The van der Waals surface area contributed by atoms with E-state index in [1.54, 1.807) is 7.11 Å². The summed E-state index contributed by atoms with van der Waals surface area (Å²) in [5.74, 6) is 1.59. The lowest BCUT2D eigenvalue weighted by molar-refractivity contribution is 0.333. The number of fused-ring (bicyclic) bond motifs is 1. The molecule has 0 aromatic heterocycles. The third-order valence-electron chi connectivity index (χ3n) is 4.77. The Morgan fingerprint density at radius 3 is 2.58 bits per heavy atom. The minimum atomic E-state index is -3.04. The molecule has 2 fully saturated rings. The van der Waals surface area contributed by atoms with Crippen LogP contribution in [0.4, 0.5) is 5.69 Å². The van der Waals surface area contributed by atoms with Gasteiger partial charge in [-0.2, -0.15) is 0 Å². The van der Waals surface area contributed by atoms with Crippen molar-refractivity contribution in [2.75, 3.05) is 30.1 Å². The molecule has 0 spiro atoms. The van der Waals surface area contributed by atoms with Gasteiger partial charge in [-0.15, -0.1) is 0 Å². The van der Waals surface area contributed by atoms with E-state index in [-0.39, 0.29) is 23.6 Å². The van der Waals surface area contributed by atoms with Gasteiger partial charge in [0.25, 0.3) is 0 Å². The van der Waals surface area contributed by atoms with Gasteiger partial charge in [0.1, 0.15) is 5.75 Å². The third-order valence-corrected chi connectivity index (χ3v) is 6.90. The Labute approximate surface area is 149 Å². The zero-order valence-electron chi connectivity index (χ0n) is 14.3. The van der Waals surface area contributed by atoms with Crippen LogP contribution >= 0.6 is 12.2 Å². The van der Waals surface area contributed by atoms with E-state index in [1.807, 2.05) is 29.2 Å². The van der Waals surface area contributed by atoms with E-state index in [1.165, 1.54) is 0 Å². The normalized spacial score (nSPS) is 25.4. The largest absolute Gasteiger partial charge is 0.495 e. The number of para-hydroxylation sites is 2. The first-order valence-electron chi connectivity index (χ1n) is 8.27. The maximum absolute atomic E-state index is 12.2. The molecule has 5 nitrogen and oxygen atoms in total. The highest BCUT2D eigenvalue weighted by molar-refractivity contribution is 7.91. The zero-order valence-corrected chi connectivity index (χ0v) is 15.9. The van der Waals surface area contributed by atoms with Crippen molar-refractivity contribution in [2.24, 2.45) is 5.92 Å². The van der Waals surface area contributed by atoms with Gasteiger partial charge in [-0.1, -0.05) is 26.0 Å². The summed E-state index contributed by atoms with van der Waals surface area (Å²) in [6, 6.07) is 7.46. The Kier molecular flexibility index (Phi) is 4.75. The summed E-state index contributed by atoms with van der Waals surface area (Å²) < 4.78 is 29.9. The monoisotopic (exact) mass is 368 g/mol. The van der Waals surface area contributed by atoms with E-state index in [9.17, 15) is 8.42 Å². The van der Waals surface area contributed by atoms with Crippen molar-refractivity contribution in [1.82, 2.24) is 4.90 Å². The Hall–Kier alpha value is -1.34. The van der Waals surface area contributed by atoms with Gasteiger partial charge in [-0.3, -0.25) is 0 Å². The van der Waals surface area contributed by atoms with Crippen molar-refractivity contribution in [3.8, 4) is 5.75 Å². The first-order valence-corrected chi connectivity index (χ1v) is 10.5. The lowest BCUT2D eigenvalue weighted by Crippen LogP contribution is -2.38. The Balaban J connectivity index is 1.98. The number of hydrogen-bond acceptors (Lipinski definition) is 4. The van der Waals surface area contributed by atoms with Crippen LogP contribution < -0.4 is 9.64 Å². The second-order valence-corrected chi connectivity index (χ2v) is 9.43. The van der Waals surface area contributed by atoms with Gasteiger partial charge in [0, 0.05) is 6.54 Å². The first kappa shape index (κ1) is 17.5. The molecule has 0 unspecified atom stereocenters. The Bertz CT molecular complexity index is 733. The topological polar surface area (TPSA) is 49.9 Å². The number of hydrogen-bond donors (Lipinski definition) is 0. The minimum Gasteiger partial charge on any atom is -0.495 e. The SMILES string of the molecule is COc1ccccc1N1C(=S)N(CCC(C)C)[C@@H]2CS(=O)(=O)C[C@@H]21. The number of thiocarbonyl (C=S) groups is 1. The third kappa shape index (κ3) is 3.11. The zero-order chi connectivity index (χ0) is 17.5. The molecule has 0 aliphatic carbocycles. The summed E-state index contributed by atoms with van der Waals surface area (Å²) in [6.45, 7) is 5.12. The fourth-order valence-corrected chi connectivity index (χ4v) is 5.96. The maximum Gasteiger partial charge on any atom is 0.176 e. The molecule has 24 heavy (non-hydrogen) atoms. The number of rotatable bonds is 5. The van der Waals surface area contributed by atoms with Gasteiger partial charge in [-0.05, 0) is 36.7 Å². The van der Waals surface area contributed by atoms with Gasteiger partial charge >= 0.3 is 0 Å². The second kappa shape index (κ2) is 6.52. The van der Waals surface area contributed by atoms with Crippen molar-refractivity contribution < 1.29 is 13.2 Å². The van der Waals surface area contributed by atoms with Crippen molar-refractivity contribution in [3.63, 3.8) is 0 Å². The van der Waals surface area contributed by atoms with Crippen molar-refractivity contribution in [3.05, 3.63) is 24.3 Å². The van der Waals surface area contributed by atoms with Gasteiger partial charge in [0.15, 0.2) is 14.9 Å². The highest BCUT2D eigenvalue weighted by atomic mass is 32.2. The molecule has 2 saturated heterocycles. The minimum absolute atomic E-state index is 0.0637. The van der Waals surface area contributed by atoms with Crippen LogP contribution in [0.2, 0.25) is 0 Å². The summed E-state index contributed by atoms with van der Waals surface area (Å²) in [5.41, 5.74) is 0.851.